The second-order valence-corrected chi connectivity index (χ2v) is 7.77. The zero-order valence-corrected chi connectivity index (χ0v) is 20.2. The Morgan fingerprint density at radius 1 is 1.28 bits per heavy atom. The van der Waals surface area contributed by atoms with Crippen molar-refractivity contribution in [3.05, 3.63) is 40.2 Å². The van der Waals surface area contributed by atoms with E-state index < -0.39 is 0 Å². The summed E-state index contributed by atoms with van der Waals surface area (Å²) in [5, 5.41) is 6.70. The lowest BCUT2D eigenvalue weighted by Gasteiger charge is -2.36. The van der Waals surface area contributed by atoms with E-state index in [2.05, 4.69) is 27.5 Å². The number of amides is 1. The van der Waals surface area contributed by atoms with Gasteiger partial charge in [0.1, 0.15) is 0 Å². The highest BCUT2D eigenvalue weighted by molar-refractivity contribution is 14.0. The minimum Gasteiger partial charge on any atom is -0.459 e. The Morgan fingerprint density at radius 3 is 2.66 bits per heavy atom. The van der Waals surface area contributed by atoms with Gasteiger partial charge >= 0.3 is 0 Å². The highest BCUT2D eigenvalue weighted by Crippen LogP contribution is 2.12. The predicted octanol–water partition coefficient (Wildman–Crippen LogP) is 3.41. The van der Waals surface area contributed by atoms with Gasteiger partial charge in [-0.1, -0.05) is 0 Å². The Bertz CT molecular complexity index is 770. The van der Waals surface area contributed by atoms with Crippen molar-refractivity contribution < 1.29 is 9.21 Å². The molecule has 0 atom stereocenters. The lowest BCUT2D eigenvalue weighted by atomic mass is 10.2. The molecule has 9 heteroatoms. The molecule has 1 fully saturated rings. The van der Waals surface area contributed by atoms with Gasteiger partial charge in [-0.2, -0.15) is 0 Å². The Morgan fingerprint density at radius 2 is 2.03 bits per heavy atom. The largest absolute Gasteiger partial charge is 0.459 e. The van der Waals surface area contributed by atoms with Crippen molar-refractivity contribution in [3.63, 3.8) is 0 Å². The van der Waals surface area contributed by atoms with Crippen molar-refractivity contribution in [1.82, 2.24) is 20.1 Å². The van der Waals surface area contributed by atoms with Gasteiger partial charge in [-0.3, -0.25) is 9.79 Å². The van der Waals surface area contributed by atoms with Gasteiger partial charge in [-0.25, -0.2) is 4.98 Å². The number of carbonyl (C=O) groups is 1. The molecule has 7 nitrogen and oxygen atoms in total. The Kier molecular flexibility index (Phi) is 9.92. The summed E-state index contributed by atoms with van der Waals surface area (Å²) in [5.41, 5.74) is 1.11. The second-order valence-electron chi connectivity index (χ2n) is 6.83. The van der Waals surface area contributed by atoms with Crippen molar-refractivity contribution in [1.29, 1.82) is 0 Å². The first-order valence-corrected chi connectivity index (χ1v) is 10.8. The number of halogens is 1. The van der Waals surface area contributed by atoms with E-state index in [9.17, 15) is 4.79 Å². The first-order chi connectivity index (χ1) is 13.7. The van der Waals surface area contributed by atoms with Crippen LogP contribution < -0.4 is 5.32 Å². The maximum Gasteiger partial charge on any atom is 0.289 e. The summed E-state index contributed by atoms with van der Waals surface area (Å²) in [6.45, 7) is 8.65. The average Bonchev–Trinajstić information content (AvgIpc) is 3.38. The third kappa shape index (κ3) is 6.98. The van der Waals surface area contributed by atoms with Crippen molar-refractivity contribution in [2.45, 2.75) is 33.1 Å². The molecule has 29 heavy (non-hydrogen) atoms. The third-order valence-electron chi connectivity index (χ3n) is 4.66. The van der Waals surface area contributed by atoms with Gasteiger partial charge in [0, 0.05) is 50.3 Å². The van der Waals surface area contributed by atoms with Gasteiger partial charge in [-0.05, 0) is 45.2 Å². The Labute approximate surface area is 193 Å². The molecule has 3 heterocycles. The number of aliphatic imine (C=N–C) groups is 1. The van der Waals surface area contributed by atoms with Crippen LogP contribution in [0.4, 0.5) is 0 Å². The van der Waals surface area contributed by atoms with Crippen LogP contribution in [0, 0.1) is 6.92 Å². The van der Waals surface area contributed by atoms with Crippen LogP contribution in [0.15, 0.2) is 33.2 Å². The van der Waals surface area contributed by atoms with Crippen molar-refractivity contribution in [3.8, 4) is 0 Å². The van der Waals surface area contributed by atoms with E-state index >= 15 is 0 Å². The number of aromatic nitrogens is 1. The Balaban J connectivity index is 0.00000300. The highest BCUT2D eigenvalue weighted by Gasteiger charge is 2.25. The van der Waals surface area contributed by atoms with Gasteiger partial charge in [0.2, 0.25) is 0 Å². The topological polar surface area (TPSA) is 74.0 Å². The number of unbranched alkanes of at least 4 members (excludes halogenated alkanes) is 1. The highest BCUT2D eigenvalue weighted by atomic mass is 127. The molecule has 3 rings (SSSR count). The molecule has 160 valence electrons. The van der Waals surface area contributed by atoms with Crippen LogP contribution >= 0.6 is 35.3 Å². The summed E-state index contributed by atoms with van der Waals surface area (Å²) in [6, 6.07) is 3.46. The lowest BCUT2D eigenvalue weighted by molar-refractivity contribution is 0.0657. The molecule has 0 radical (unpaired) electrons. The number of nitrogens with one attached hydrogen (secondary N) is 1. The maximum absolute atomic E-state index is 12.4. The smallest absolute Gasteiger partial charge is 0.289 e. The molecule has 0 bridgehead atoms. The van der Waals surface area contributed by atoms with E-state index in [0.717, 1.165) is 57.1 Å². The fraction of sp³-hybridized carbons (Fsp3) is 0.550. The van der Waals surface area contributed by atoms with Crippen molar-refractivity contribution in [2.75, 3.05) is 39.3 Å². The molecule has 0 spiro atoms. The van der Waals surface area contributed by atoms with Crippen LogP contribution in [0.2, 0.25) is 0 Å². The number of piperazine rings is 1. The summed E-state index contributed by atoms with van der Waals surface area (Å²) in [7, 11) is 0. The maximum atomic E-state index is 12.4. The molecule has 0 unspecified atom stereocenters. The van der Waals surface area contributed by atoms with Gasteiger partial charge in [-0.15, -0.1) is 35.3 Å². The van der Waals surface area contributed by atoms with E-state index in [0.29, 0.717) is 18.8 Å². The second kappa shape index (κ2) is 12.2. The molecule has 2 aromatic heterocycles. The first-order valence-electron chi connectivity index (χ1n) is 9.94. The minimum absolute atomic E-state index is 0. The monoisotopic (exact) mass is 531 g/mol. The normalized spacial score (nSPS) is 14.6. The summed E-state index contributed by atoms with van der Waals surface area (Å²) in [6.07, 6.45) is 4.71. The predicted molar refractivity (Wildman–Crippen MR) is 127 cm³/mol. The number of hydrogen-bond acceptors (Lipinski definition) is 5. The third-order valence-corrected chi connectivity index (χ3v) is 5.69. The minimum atomic E-state index is -0.0380. The molecule has 1 saturated heterocycles. The van der Waals surface area contributed by atoms with E-state index in [-0.39, 0.29) is 29.9 Å². The zero-order chi connectivity index (χ0) is 19.8. The van der Waals surface area contributed by atoms with Gasteiger partial charge in [0.05, 0.1) is 11.3 Å². The number of thiazole rings is 1. The van der Waals surface area contributed by atoms with Crippen molar-refractivity contribution in [2.24, 2.45) is 4.99 Å². The molecule has 0 aromatic carbocycles. The van der Waals surface area contributed by atoms with Crippen LogP contribution in [0.1, 0.15) is 41.0 Å². The number of hydrogen-bond donors (Lipinski definition) is 1. The SMILES string of the molecule is CCNC(=NCCCCc1nc(C)cs1)N1CCN(C(=O)c2ccco2)CC1.I. The molecule has 1 aliphatic rings. The number of guanidine groups is 1. The van der Waals surface area contributed by atoms with Crippen LogP contribution in [-0.2, 0) is 6.42 Å². The molecule has 1 aliphatic heterocycles. The van der Waals surface area contributed by atoms with Crippen LogP contribution in [0.25, 0.3) is 0 Å². The summed E-state index contributed by atoms with van der Waals surface area (Å²) in [4.78, 5) is 25.8. The molecular weight excluding hydrogens is 501 g/mol. The van der Waals surface area contributed by atoms with E-state index in [1.165, 1.54) is 11.3 Å². The zero-order valence-electron chi connectivity index (χ0n) is 17.1. The van der Waals surface area contributed by atoms with E-state index in [4.69, 9.17) is 9.41 Å². The number of carbonyl (C=O) groups excluding carboxylic acids is 1. The first kappa shape index (κ1) is 23.7. The van der Waals surface area contributed by atoms with Crippen LogP contribution in [-0.4, -0.2) is 65.9 Å². The number of furan rings is 1. The average molecular weight is 531 g/mol. The summed E-state index contributed by atoms with van der Waals surface area (Å²) in [5.74, 6) is 1.31. The van der Waals surface area contributed by atoms with Gasteiger partial charge in [0.25, 0.3) is 5.91 Å². The van der Waals surface area contributed by atoms with Gasteiger partial charge in [0.15, 0.2) is 11.7 Å². The summed E-state index contributed by atoms with van der Waals surface area (Å²) >= 11 is 1.74. The van der Waals surface area contributed by atoms with E-state index in [1.54, 1.807) is 23.5 Å². The van der Waals surface area contributed by atoms with Gasteiger partial charge < -0.3 is 19.5 Å². The fourth-order valence-electron chi connectivity index (χ4n) is 3.19. The molecular formula is C20H30IN5O2S. The van der Waals surface area contributed by atoms with E-state index in [1.807, 2.05) is 11.8 Å². The quantitative estimate of drug-likeness (QED) is 0.257. The molecule has 0 aliphatic carbocycles. The molecule has 2 aromatic rings. The number of aryl methyl sites for hydroxylation is 2. The van der Waals surface area contributed by atoms with Crippen LogP contribution in [0.3, 0.4) is 0 Å². The Hall–Kier alpha value is -1.62. The standard InChI is InChI=1S/C20H29N5O2S.HI/c1-3-21-20(22-9-5-4-8-18-23-16(2)15-28-18)25-12-10-24(11-13-25)19(26)17-7-6-14-27-17;/h6-7,14-15H,3-5,8-13H2,1-2H3,(H,21,22);1H. The summed E-state index contributed by atoms with van der Waals surface area (Å²) < 4.78 is 5.23. The van der Waals surface area contributed by atoms with Crippen LogP contribution in [0.5, 0.6) is 0 Å². The molecule has 1 N–H and O–H groups in total. The molecule has 1 amide bonds. The number of rotatable bonds is 7. The fourth-order valence-corrected chi connectivity index (χ4v) is 4.01. The van der Waals surface area contributed by atoms with Crippen molar-refractivity contribution >= 4 is 47.2 Å². The molecule has 0 saturated carbocycles. The number of nitrogens with zero attached hydrogens (tertiary/aromatic N) is 4. The lowest BCUT2D eigenvalue weighted by Crippen LogP contribution is -2.53.